The summed E-state index contributed by atoms with van der Waals surface area (Å²) in [5.41, 5.74) is 9.25. The van der Waals surface area contributed by atoms with Gasteiger partial charge < -0.3 is 10.6 Å². The van der Waals surface area contributed by atoms with Crippen molar-refractivity contribution in [3.63, 3.8) is 0 Å². The molecule has 1 aromatic heterocycles. The zero-order chi connectivity index (χ0) is 14.5. The van der Waals surface area contributed by atoms with Gasteiger partial charge in [-0.25, -0.2) is 0 Å². The number of nitrogens with two attached hydrogens (primary N) is 1. The van der Waals surface area contributed by atoms with E-state index in [9.17, 15) is 4.79 Å². The summed E-state index contributed by atoms with van der Waals surface area (Å²) >= 11 is 0. The van der Waals surface area contributed by atoms with E-state index in [1.54, 1.807) is 30.3 Å². The molecule has 20 heavy (non-hydrogen) atoms. The minimum Gasteiger partial charge on any atom is -0.397 e. The van der Waals surface area contributed by atoms with E-state index in [0.29, 0.717) is 18.7 Å². The number of hydrogen-bond donors (Lipinski definition) is 1. The van der Waals surface area contributed by atoms with Crippen molar-refractivity contribution < 1.29 is 4.79 Å². The highest BCUT2D eigenvalue weighted by Gasteiger charge is 2.10. The fourth-order valence-electron chi connectivity index (χ4n) is 1.89. The number of nitrogen functional groups attached to an aromatic ring is 1. The molecule has 4 heteroatoms. The van der Waals surface area contributed by atoms with E-state index in [1.807, 2.05) is 19.1 Å². The molecule has 0 unspecified atom stereocenters. The molecule has 4 nitrogen and oxygen atoms in total. The van der Waals surface area contributed by atoms with Crippen molar-refractivity contribution in [3.05, 3.63) is 59.4 Å². The molecule has 0 atom stereocenters. The minimum atomic E-state index is 0.0443. The van der Waals surface area contributed by atoms with Crippen LogP contribution in [0.2, 0.25) is 0 Å². The molecule has 1 heterocycles. The summed E-state index contributed by atoms with van der Waals surface area (Å²) in [6.07, 6.45) is 1.87. The lowest BCUT2D eigenvalue weighted by Crippen LogP contribution is -2.28. The van der Waals surface area contributed by atoms with Gasteiger partial charge in [-0.15, -0.1) is 0 Å². The molecule has 2 rings (SSSR count). The SMILES string of the molecule is Cc1ccc(CN(C)C(=O)Cc2ccc(N)cn2)cc1. The number of aromatic nitrogens is 1. The Balaban J connectivity index is 1.94. The van der Waals surface area contributed by atoms with E-state index < -0.39 is 0 Å². The summed E-state index contributed by atoms with van der Waals surface area (Å²) in [6, 6.07) is 11.7. The van der Waals surface area contributed by atoms with Crippen molar-refractivity contribution in [2.24, 2.45) is 0 Å². The van der Waals surface area contributed by atoms with Gasteiger partial charge in [-0.1, -0.05) is 29.8 Å². The first-order valence-electron chi connectivity index (χ1n) is 6.54. The van der Waals surface area contributed by atoms with E-state index in [1.165, 1.54) is 5.56 Å². The van der Waals surface area contributed by atoms with Gasteiger partial charge in [-0.3, -0.25) is 9.78 Å². The van der Waals surface area contributed by atoms with E-state index >= 15 is 0 Å². The minimum absolute atomic E-state index is 0.0443. The molecule has 1 aromatic carbocycles. The van der Waals surface area contributed by atoms with Crippen LogP contribution in [-0.2, 0) is 17.8 Å². The van der Waals surface area contributed by atoms with Crippen LogP contribution in [0.3, 0.4) is 0 Å². The fourth-order valence-corrected chi connectivity index (χ4v) is 1.89. The van der Waals surface area contributed by atoms with Crippen LogP contribution in [0.25, 0.3) is 0 Å². The molecular weight excluding hydrogens is 250 g/mol. The molecule has 0 bridgehead atoms. The van der Waals surface area contributed by atoms with Gasteiger partial charge in [-0.05, 0) is 24.6 Å². The van der Waals surface area contributed by atoms with Gasteiger partial charge in [0.2, 0.25) is 5.91 Å². The molecular formula is C16H19N3O. The highest BCUT2D eigenvalue weighted by Crippen LogP contribution is 2.08. The van der Waals surface area contributed by atoms with Crippen LogP contribution in [0.15, 0.2) is 42.6 Å². The van der Waals surface area contributed by atoms with Crippen LogP contribution < -0.4 is 5.73 Å². The normalized spacial score (nSPS) is 10.3. The number of pyridine rings is 1. The number of carbonyl (C=O) groups is 1. The van der Waals surface area contributed by atoms with Crippen LogP contribution in [-0.4, -0.2) is 22.8 Å². The molecule has 0 aliphatic heterocycles. The fraction of sp³-hybridized carbons (Fsp3) is 0.250. The molecule has 0 radical (unpaired) electrons. The maximum Gasteiger partial charge on any atom is 0.228 e. The summed E-state index contributed by atoms with van der Waals surface area (Å²) in [5.74, 6) is 0.0443. The second kappa shape index (κ2) is 6.19. The highest BCUT2D eigenvalue weighted by atomic mass is 16.2. The van der Waals surface area contributed by atoms with Crippen LogP contribution in [0.1, 0.15) is 16.8 Å². The number of anilines is 1. The zero-order valence-electron chi connectivity index (χ0n) is 11.8. The molecule has 2 N–H and O–H groups in total. The number of aryl methyl sites for hydroxylation is 1. The molecule has 2 aromatic rings. The average Bonchev–Trinajstić information content (AvgIpc) is 2.44. The average molecular weight is 269 g/mol. The van der Waals surface area contributed by atoms with Crippen molar-refractivity contribution in [1.29, 1.82) is 0 Å². The summed E-state index contributed by atoms with van der Waals surface area (Å²) in [5, 5.41) is 0. The zero-order valence-corrected chi connectivity index (χ0v) is 11.8. The molecule has 0 saturated carbocycles. The van der Waals surface area contributed by atoms with E-state index in [2.05, 4.69) is 17.1 Å². The lowest BCUT2D eigenvalue weighted by atomic mass is 10.1. The summed E-state index contributed by atoms with van der Waals surface area (Å²) in [4.78, 5) is 18.0. The van der Waals surface area contributed by atoms with Crippen molar-refractivity contribution in [1.82, 2.24) is 9.88 Å². The van der Waals surface area contributed by atoms with Crippen molar-refractivity contribution in [2.75, 3.05) is 12.8 Å². The summed E-state index contributed by atoms with van der Waals surface area (Å²) in [7, 11) is 1.81. The number of benzene rings is 1. The lowest BCUT2D eigenvalue weighted by Gasteiger charge is -2.17. The third-order valence-electron chi connectivity index (χ3n) is 3.15. The second-order valence-corrected chi connectivity index (χ2v) is 5.00. The number of carbonyl (C=O) groups excluding carboxylic acids is 1. The van der Waals surface area contributed by atoms with E-state index in [4.69, 9.17) is 5.73 Å². The van der Waals surface area contributed by atoms with Crippen LogP contribution >= 0.6 is 0 Å². The topological polar surface area (TPSA) is 59.2 Å². The Morgan fingerprint density at radius 3 is 2.50 bits per heavy atom. The third-order valence-corrected chi connectivity index (χ3v) is 3.15. The molecule has 0 fully saturated rings. The third kappa shape index (κ3) is 3.82. The van der Waals surface area contributed by atoms with E-state index in [0.717, 1.165) is 11.3 Å². The Hall–Kier alpha value is -2.36. The van der Waals surface area contributed by atoms with Gasteiger partial charge in [0.25, 0.3) is 0 Å². The maximum absolute atomic E-state index is 12.1. The maximum atomic E-state index is 12.1. The van der Waals surface area contributed by atoms with Crippen LogP contribution in [0.4, 0.5) is 5.69 Å². The first kappa shape index (κ1) is 14.1. The monoisotopic (exact) mass is 269 g/mol. The summed E-state index contributed by atoms with van der Waals surface area (Å²) in [6.45, 7) is 2.65. The Kier molecular flexibility index (Phi) is 4.35. The molecule has 104 valence electrons. The predicted octanol–water partition coefficient (Wildman–Crippen LogP) is 2.17. The molecule has 0 saturated heterocycles. The Morgan fingerprint density at radius 2 is 1.90 bits per heavy atom. The molecule has 0 aliphatic carbocycles. The number of hydrogen-bond acceptors (Lipinski definition) is 3. The Labute approximate surface area is 119 Å². The van der Waals surface area contributed by atoms with Gasteiger partial charge in [-0.2, -0.15) is 0 Å². The van der Waals surface area contributed by atoms with Gasteiger partial charge in [0.15, 0.2) is 0 Å². The first-order chi connectivity index (χ1) is 9.54. The van der Waals surface area contributed by atoms with Crippen LogP contribution in [0.5, 0.6) is 0 Å². The standard InChI is InChI=1S/C16H19N3O/c1-12-3-5-13(6-4-12)11-19(2)16(20)9-15-8-7-14(17)10-18-15/h3-8,10H,9,11,17H2,1-2H3. The number of nitrogens with zero attached hydrogens (tertiary/aromatic N) is 2. The number of amides is 1. The number of likely N-dealkylation sites (N-methyl/N-ethyl adjacent to an activating group) is 1. The highest BCUT2D eigenvalue weighted by molar-refractivity contribution is 5.78. The first-order valence-corrected chi connectivity index (χ1v) is 6.54. The number of rotatable bonds is 4. The van der Waals surface area contributed by atoms with Crippen molar-refractivity contribution in [2.45, 2.75) is 19.9 Å². The van der Waals surface area contributed by atoms with Gasteiger partial charge in [0.05, 0.1) is 18.3 Å². The van der Waals surface area contributed by atoms with Crippen molar-refractivity contribution in [3.8, 4) is 0 Å². The van der Waals surface area contributed by atoms with Gasteiger partial charge in [0, 0.05) is 19.3 Å². The van der Waals surface area contributed by atoms with Crippen molar-refractivity contribution >= 4 is 11.6 Å². The van der Waals surface area contributed by atoms with E-state index in [-0.39, 0.29) is 5.91 Å². The molecule has 0 spiro atoms. The largest absolute Gasteiger partial charge is 0.397 e. The lowest BCUT2D eigenvalue weighted by molar-refractivity contribution is -0.129. The molecule has 1 amide bonds. The Bertz CT molecular complexity index is 576. The predicted molar refractivity (Wildman–Crippen MR) is 80.0 cm³/mol. The Morgan fingerprint density at radius 1 is 1.20 bits per heavy atom. The van der Waals surface area contributed by atoms with Gasteiger partial charge >= 0.3 is 0 Å². The summed E-state index contributed by atoms with van der Waals surface area (Å²) < 4.78 is 0. The van der Waals surface area contributed by atoms with Crippen LogP contribution in [0, 0.1) is 6.92 Å². The smallest absolute Gasteiger partial charge is 0.228 e. The molecule has 0 aliphatic rings. The quantitative estimate of drug-likeness (QED) is 0.925. The van der Waals surface area contributed by atoms with Gasteiger partial charge in [0.1, 0.15) is 0 Å². The second-order valence-electron chi connectivity index (χ2n) is 5.00.